The highest BCUT2D eigenvalue weighted by Gasteiger charge is 2.07. The van der Waals surface area contributed by atoms with E-state index in [0.29, 0.717) is 10.9 Å². The highest BCUT2D eigenvalue weighted by molar-refractivity contribution is 7.22. The van der Waals surface area contributed by atoms with Gasteiger partial charge in [-0.1, -0.05) is 17.4 Å². The van der Waals surface area contributed by atoms with Crippen molar-refractivity contribution in [2.45, 2.75) is 0 Å². The summed E-state index contributed by atoms with van der Waals surface area (Å²) in [5.74, 6) is 0.668. The van der Waals surface area contributed by atoms with Crippen LogP contribution in [0, 0.1) is 22.7 Å². The molecule has 7 heteroatoms. The summed E-state index contributed by atoms with van der Waals surface area (Å²) in [5.41, 5.74) is 3.05. The van der Waals surface area contributed by atoms with Crippen LogP contribution in [0.4, 0.5) is 5.13 Å². The van der Waals surface area contributed by atoms with Gasteiger partial charge in [0.15, 0.2) is 0 Å². The molecule has 1 N–H and O–H groups in total. The van der Waals surface area contributed by atoms with E-state index in [1.54, 1.807) is 19.2 Å². The topological polar surface area (TPSA) is 94.1 Å². The van der Waals surface area contributed by atoms with Crippen molar-refractivity contribution in [1.29, 1.82) is 10.5 Å². The summed E-state index contributed by atoms with van der Waals surface area (Å²) in [6, 6.07) is 8.89. The standard InChI is InChI=1S/C11H7N5OS/c1-17-8-3-2-4-9-10(8)14-11(18-9)16-15-7(5-12)6-13/h2-4H,1H3,(H,14,16). The van der Waals surface area contributed by atoms with E-state index < -0.39 is 0 Å². The number of nitrogens with zero attached hydrogens (tertiary/aromatic N) is 4. The maximum absolute atomic E-state index is 8.55. The lowest BCUT2D eigenvalue weighted by Crippen LogP contribution is -1.95. The monoisotopic (exact) mass is 257 g/mol. The molecule has 1 aromatic carbocycles. The summed E-state index contributed by atoms with van der Waals surface area (Å²) in [6.07, 6.45) is 0. The first-order valence-electron chi connectivity index (χ1n) is 4.86. The summed E-state index contributed by atoms with van der Waals surface area (Å²) in [5, 5.41) is 21.2. The van der Waals surface area contributed by atoms with Crippen molar-refractivity contribution >= 4 is 32.4 Å². The smallest absolute Gasteiger partial charge is 0.237 e. The SMILES string of the molecule is COc1cccc2sc(NN=C(C#N)C#N)nc12. The van der Waals surface area contributed by atoms with E-state index in [1.165, 1.54) is 11.3 Å². The predicted molar refractivity (Wildman–Crippen MR) is 68.5 cm³/mol. The van der Waals surface area contributed by atoms with Gasteiger partial charge in [0.1, 0.15) is 23.4 Å². The fraction of sp³-hybridized carbons (Fsp3) is 0.0909. The first-order valence-corrected chi connectivity index (χ1v) is 5.67. The molecule has 2 rings (SSSR count). The molecule has 0 aliphatic rings. The molecule has 0 radical (unpaired) electrons. The Morgan fingerprint density at radius 3 is 2.89 bits per heavy atom. The van der Waals surface area contributed by atoms with Gasteiger partial charge in [0.2, 0.25) is 10.8 Å². The van der Waals surface area contributed by atoms with Crippen LogP contribution in [-0.2, 0) is 0 Å². The third-order valence-corrected chi connectivity index (χ3v) is 3.00. The Balaban J connectivity index is 2.35. The number of fused-ring (bicyclic) bond motifs is 1. The maximum Gasteiger partial charge on any atom is 0.237 e. The summed E-state index contributed by atoms with van der Waals surface area (Å²) in [4.78, 5) is 4.28. The molecule has 1 aromatic heterocycles. The Morgan fingerprint density at radius 1 is 1.44 bits per heavy atom. The van der Waals surface area contributed by atoms with Crippen LogP contribution in [0.1, 0.15) is 0 Å². The van der Waals surface area contributed by atoms with Gasteiger partial charge in [-0.2, -0.15) is 15.6 Å². The Bertz CT molecular complexity index is 676. The summed E-state index contributed by atoms with van der Waals surface area (Å²) < 4.78 is 6.12. The maximum atomic E-state index is 8.55. The van der Waals surface area contributed by atoms with Crippen LogP contribution in [0.3, 0.4) is 0 Å². The van der Waals surface area contributed by atoms with E-state index in [-0.39, 0.29) is 5.71 Å². The molecule has 0 unspecified atom stereocenters. The molecule has 18 heavy (non-hydrogen) atoms. The van der Waals surface area contributed by atoms with Crippen molar-refractivity contribution in [2.24, 2.45) is 5.10 Å². The van der Waals surface area contributed by atoms with Crippen LogP contribution in [0.2, 0.25) is 0 Å². The molecule has 0 saturated heterocycles. The van der Waals surface area contributed by atoms with E-state index >= 15 is 0 Å². The Labute approximate surface area is 107 Å². The lowest BCUT2D eigenvalue weighted by Gasteiger charge is -1.97. The Kier molecular flexibility index (Phi) is 3.37. The molecule has 0 saturated carbocycles. The second-order valence-corrected chi connectivity index (χ2v) is 4.15. The quantitative estimate of drug-likeness (QED) is 0.671. The van der Waals surface area contributed by atoms with Crippen molar-refractivity contribution in [3.63, 3.8) is 0 Å². The normalized spacial score (nSPS) is 9.28. The van der Waals surface area contributed by atoms with Crippen LogP contribution >= 0.6 is 11.3 Å². The third-order valence-electron chi connectivity index (χ3n) is 2.08. The fourth-order valence-electron chi connectivity index (χ4n) is 1.31. The summed E-state index contributed by atoms with van der Waals surface area (Å²) in [6.45, 7) is 0. The zero-order valence-electron chi connectivity index (χ0n) is 9.34. The van der Waals surface area contributed by atoms with Gasteiger partial charge in [-0.15, -0.1) is 0 Å². The molecule has 0 amide bonds. The highest BCUT2D eigenvalue weighted by Crippen LogP contribution is 2.31. The van der Waals surface area contributed by atoms with E-state index in [4.69, 9.17) is 15.3 Å². The van der Waals surface area contributed by atoms with E-state index in [9.17, 15) is 0 Å². The molecule has 0 bridgehead atoms. The lowest BCUT2D eigenvalue weighted by molar-refractivity contribution is 0.419. The molecule has 0 aliphatic heterocycles. The average molecular weight is 257 g/mol. The van der Waals surface area contributed by atoms with Crippen molar-refractivity contribution in [1.82, 2.24) is 4.98 Å². The van der Waals surface area contributed by atoms with Gasteiger partial charge < -0.3 is 4.74 Å². The number of hydrogen-bond acceptors (Lipinski definition) is 7. The number of benzene rings is 1. The minimum atomic E-state index is -0.249. The number of nitriles is 2. The molecule has 6 nitrogen and oxygen atoms in total. The molecule has 0 atom stereocenters. The van der Waals surface area contributed by atoms with Crippen LogP contribution < -0.4 is 10.2 Å². The van der Waals surface area contributed by atoms with Crippen LogP contribution in [0.25, 0.3) is 10.2 Å². The minimum absolute atomic E-state index is 0.249. The number of hydrazone groups is 1. The lowest BCUT2D eigenvalue weighted by atomic mass is 10.3. The predicted octanol–water partition coefficient (Wildman–Crippen LogP) is 2.12. The number of ether oxygens (including phenoxy) is 1. The van der Waals surface area contributed by atoms with E-state index in [1.807, 2.05) is 18.2 Å². The average Bonchev–Trinajstić information content (AvgIpc) is 2.82. The zero-order chi connectivity index (χ0) is 13.0. The molecule has 0 fully saturated rings. The first-order chi connectivity index (χ1) is 8.78. The van der Waals surface area contributed by atoms with Gasteiger partial charge in [0, 0.05) is 0 Å². The Hall–Kier alpha value is -2.64. The molecule has 0 aliphatic carbocycles. The van der Waals surface area contributed by atoms with Gasteiger partial charge >= 0.3 is 0 Å². The Morgan fingerprint density at radius 2 is 2.22 bits per heavy atom. The van der Waals surface area contributed by atoms with Gasteiger partial charge in [-0.05, 0) is 12.1 Å². The number of rotatable bonds is 3. The molecular formula is C11H7N5OS. The second-order valence-electron chi connectivity index (χ2n) is 3.12. The van der Waals surface area contributed by atoms with Gasteiger partial charge in [-0.25, -0.2) is 4.98 Å². The molecule has 2 aromatic rings. The minimum Gasteiger partial charge on any atom is -0.494 e. The molecule has 1 heterocycles. The number of para-hydroxylation sites is 1. The summed E-state index contributed by atoms with van der Waals surface area (Å²) in [7, 11) is 1.57. The number of methoxy groups -OCH3 is 1. The van der Waals surface area contributed by atoms with Gasteiger partial charge in [0.05, 0.1) is 11.8 Å². The highest BCUT2D eigenvalue weighted by atomic mass is 32.1. The number of anilines is 1. The van der Waals surface area contributed by atoms with Gasteiger partial charge in [0.25, 0.3) is 0 Å². The van der Waals surface area contributed by atoms with E-state index in [2.05, 4.69) is 15.5 Å². The fourth-order valence-corrected chi connectivity index (χ4v) is 2.14. The number of hydrogen-bond donors (Lipinski definition) is 1. The molecular weight excluding hydrogens is 250 g/mol. The van der Waals surface area contributed by atoms with Gasteiger partial charge in [-0.3, -0.25) is 5.43 Å². The second kappa shape index (κ2) is 5.13. The first kappa shape index (κ1) is 11.8. The van der Waals surface area contributed by atoms with Crippen molar-refractivity contribution < 1.29 is 4.74 Å². The molecule has 0 spiro atoms. The van der Waals surface area contributed by atoms with Crippen molar-refractivity contribution in [2.75, 3.05) is 12.5 Å². The van der Waals surface area contributed by atoms with Crippen LogP contribution in [0.5, 0.6) is 5.75 Å². The zero-order valence-corrected chi connectivity index (χ0v) is 10.2. The van der Waals surface area contributed by atoms with Crippen LogP contribution in [-0.4, -0.2) is 17.8 Å². The summed E-state index contributed by atoms with van der Waals surface area (Å²) >= 11 is 1.36. The number of aromatic nitrogens is 1. The van der Waals surface area contributed by atoms with Crippen LogP contribution in [0.15, 0.2) is 23.3 Å². The number of nitrogens with one attached hydrogen (secondary N) is 1. The number of thiazole rings is 1. The van der Waals surface area contributed by atoms with E-state index in [0.717, 1.165) is 10.2 Å². The molecule has 88 valence electrons. The van der Waals surface area contributed by atoms with Crippen molar-refractivity contribution in [3.05, 3.63) is 18.2 Å². The largest absolute Gasteiger partial charge is 0.494 e. The van der Waals surface area contributed by atoms with Crippen molar-refractivity contribution in [3.8, 4) is 17.9 Å². The third kappa shape index (κ3) is 2.21.